The molecular formula is C25H25N5O. The fourth-order valence-corrected chi connectivity index (χ4v) is 3.99. The molecule has 6 nitrogen and oxygen atoms in total. The Morgan fingerprint density at radius 1 is 0.903 bits per heavy atom. The van der Waals surface area contributed by atoms with Gasteiger partial charge >= 0.3 is 0 Å². The molecule has 1 aliphatic heterocycles. The number of nitrogens with zero attached hydrogens (tertiary/aromatic N) is 3. The van der Waals surface area contributed by atoms with E-state index in [0.29, 0.717) is 5.56 Å². The number of benzene rings is 3. The van der Waals surface area contributed by atoms with Gasteiger partial charge in [0, 0.05) is 42.8 Å². The van der Waals surface area contributed by atoms with E-state index in [0.717, 1.165) is 59.7 Å². The van der Waals surface area contributed by atoms with E-state index in [1.165, 1.54) is 0 Å². The Balaban J connectivity index is 1.31. The zero-order valence-electron chi connectivity index (χ0n) is 17.5. The summed E-state index contributed by atoms with van der Waals surface area (Å²) in [5.74, 6) is 0.830. The number of rotatable bonds is 4. The second kappa shape index (κ2) is 8.24. The van der Waals surface area contributed by atoms with Crippen LogP contribution in [0.25, 0.3) is 22.0 Å². The molecule has 3 aromatic carbocycles. The molecule has 0 spiro atoms. The van der Waals surface area contributed by atoms with Crippen molar-refractivity contribution in [1.29, 1.82) is 0 Å². The first kappa shape index (κ1) is 19.3. The second-order valence-corrected chi connectivity index (χ2v) is 8.00. The van der Waals surface area contributed by atoms with E-state index in [4.69, 9.17) is 0 Å². The van der Waals surface area contributed by atoms with Crippen LogP contribution >= 0.6 is 0 Å². The molecule has 0 saturated carbocycles. The van der Waals surface area contributed by atoms with Crippen LogP contribution in [0.2, 0.25) is 0 Å². The first-order chi connectivity index (χ1) is 15.2. The standard InChI is InChI=1S/C25H25N5O/c1-29-13-15-30(16-14-29)24-22-12-9-20(17-23(22)27-28-24)25(31)26-21-10-7-19(8-11-21)18-5-3-2-4-6-18/h2-12,17H,13-16H2,1H3,(H,26,31)(H,27,28). The van der Waals surface area contributed by atoms with Crippen molar-refractivity contribution < 1.29 is 4.79 Å². The Hall–Kier alpha value is -3.64. The summed E-state index contributed by atoms with van der Waals surface area (Å²) in [5.41, 5.74) is 4.52. The highest BCUT2D eigenvalue weighted by Gasteiger charge is 2.19. The minimum Gasteiger partial charge on any atom is -0.352 e. The lowest BCUT2D eigenvalue weighted by atomic mass is 10.1. The molecule has 0 bridgehead atoms. The maximum atomic E-state index is 12.8. The molecule has 1 amide bonds. The number of likely N-dealkylation sites (N-methyl/N-ethyl adjacent to an activating group) is 1. The Bertz CT molecular complexity index is 1190. The molecule has 2 heterocycles. The molecule has 1 fully saturated rings. The molecule has 0 atom stereocenters. The summed E-state index contributed by atoms with van der Waals surface area (Å²) >= 11 is 0. The Morgan fingerprint density at radius 2 is 1.61 bits per heavy atom. The minimum atomic E-state index is -0.134. The summed E-state index contributed by atoms with van der Waals surface area (Å²) < 4.78 is 0. The lowest BCUT2D eigenvalue weighted by molar-refractivity contribution is 0.102. The topological polar surface area (TPSA) is 64.3 Å². The highest BCUT2D eigenvalue weighted by atomic mass is 16.1. The number of aromatic amines is 1. The van der Waals surface area contributed by atoms with Gasteiger partial charge in [-0.3, -0.25) is 9.89 Å². The average Bonchev–Trinajstić information content (AvgIpc) is 3.24. The number of H-pyrrole nitrogens is 1. The van der Waals surface area contributed by atoms with Crippen LogP contribution in [-0.4, -0.2) is 54.2 Å². The van der Waals surface area contributed by atoms with E-state index in [1.807, 2.05) is 60.7 Å². The Morgan fingerprint density at radius 3 is 2.35 bits per heavy atom. The SMILES string of the molecule is CN1CCN(c2n[nH]c3cc(C(=O)Nc4ccc(-c5ccccc5)cc4)ccc23)CC1. The van der Waals surface area contributed by atoms with Crippen LogP contribution in [0.3, 0.4) is 0 Å². The summed E-state index contributed by atoms with van der Waals surface area (Å²) in [7, 11) is 2.14. The number of carbonyl (C=O) groups is 1. The van der Waals surface area contributed by atoms with Crippen LogP contribution in [0, 0.1) is 0 Å². The number of fused-ring (bicyclic) bond motifs is 1. The van der Waals surface area contributed by atoms with Gasteiger partial charge in [0.2, 0.25) is 0 Å². The van der Waals surface area contributed by atoms with E-state index in [9.17, 15) is 4.79 Å². The van der Waals surface area contributed by atoms with Gasteiger partial charge in [-0.15, -0.1) is 0 Å². The molecule has 1 aromatic heterocycles. The zero-order chi connectivity index (χ0) is 21.2. The molecular weight excluding hydrogens is 386 g/mol. The fourth-order valence-electron chi connectivity index (χ4n) is 3.99. The summed E-state index contributed by atoms with van der Waals surface area (Å²) in [5, 5.41) is 11.7. The van der Waals surface area contributed by atoms with Crippen LogP contribution < -0.4 is 10.2 Å². The van der Waals surface area contributed by atoms with Crippen LogP contribution in [0.1, 0.15) is 10.4 Å². The molecule has 5 rings (SSSR count). The fraction of sp³-hybridized carbons (Fsp3) is 0.200. The molecule has 0 aliphatic carbocycles. The van der Waals surface area contributed by atoms with Gasteiger partial charge in [0.15, 0.2) is 5.82 Å². The first-order valence-electron chi connectivity index (χ1n) is 10.6. The van der Waals surface area contributed by atoms with E-state index in [-0.39, 0.29) is 5.91 Å². The van der Waals surface area contributed by atoms with Crippen molar-refractivity contribution in [3.05, 3.63) is 78.4 Å². The number of piperazine rings is 1. The lowest BCUT2D eigenvalue weighted by Gasteiger charge is -2.32. The van der Waals surface area contributed by atoms with Gasteiger partial charge < -0.3 is 15.1 Å². The molecule has 31 heavy (non-hydrogen) atoms. The Kier molecular flexibility index (Phi) is 5.14. The van der Waals surface area contributed by atoms with Crippen molar-refractivity contribution in [1.82, 2.24) is 15.1 Å². The van der Waals surface area contributed by atoms with E-state index in [2.05, 4.69) is 44.5 Å². The predicted octanol–water partition coefficient (Wildman–Crippen LogP) is 4.23. The predicted molar refractivity (Wildman–Crippen MR) is 126 cm³/mol. The quantitative estimate of drug-likeness (QED) is 0.527. The van der Waals surface area contributed by atoms with Gasteiger partial charge in [-0.1, -0.05) is 42.5 Å². The van der Waals surface area contributed by atoms with Crippen LogP contribution in [0.4, 0.5) is 11.5 Å². The third kappa shape index (κ3) is 4.02. The third-order valence-corrected chi connectivity index (χ3v) is 5.86. The van der Waals surface area contributed by atoms with Crippen molar-refractivity contribution in [3.8, 4) is 11.1 Å². The maximum Gasteiger partial charge on any atom is 0.255 e. The summed E-state index contributed by atoms with van der Waals surface area (Å²) in [6.45, 7) is 3.96. The van der Waals surface area contributed by atoms with Gasteiger partial charge in [0.05, 0.1) is 5.52 Å². The van der Waals surface area contributed by atoms with Gasteiger partial charge in [-0.2, -0.15) is 5.10 Å². The molecule has 0 unspecified atom stereocenters. The molecule has 1 saturated heterocycles. The number of nitrogens with one attached hydrogen (secondary N) is 2. The molecule has 2 N–H and O–H groups in total. The average molecular weight is 412 g/mol. The van der Waals surface area contributed by atoms with Crippen molar-refractivity contribution >= 4 is 28.3 Å². The number of carbonyl (C=O) groups excluding carboxylic acids is 1. The maximum absolute atomic E-state index is 12.8. The van der Waals surface area contributed by atoms with Gasteiger partial charge in [-0.05, 0) is 48.5 Å². The molecule has 4 aromatic rings. The monoisotopic (exact) mass is 411 g/mol. The first-order valence-corrected chi connectivity index (χ1v) is 10.6. The normalized spacial score (nSPS) is 14.7. The van der Waals surface area contributed by atoms with Gasteiger partial charge in [0.25, 0.3) is 5.91 Å². The van der Waals surface area contributed by atoms with Crippen molar-refractivity contribution in [2.45, 2.75) is 0 Å². The number of anilines is 2. The Labute approximate surface area is 181 Å². The van der Waals surface area contributed by atoms with Crippen LogP contribution in [0.5, 0.6) is 0 Å². The number of hydrogen-bond acceptors (Lipinski definition) is 4. The summed E-state index contributed by atoms with van der Waals surface area (Å²) in [6, 6.07) is 23.8. The largest absolute Gasteiger partial charge is 0.352 e. The van der Waals surface area contributed by atoms with E-state index < -0.39 is 0 Å². The lowest BCUT2D eigenvalue weighted by Crippen LogP contribution is -2.44. The van der Waals surface area contributed by atoms with Crippen LogP contribution in [-0.2, 0) is 0 Å². The summed E-state index contributed by atoms with van der Waals surface area (Å²) in [4.78, 5) is 17.4. The van der Waals surface area contributed by atoms with Crippen molar-refractivity contribution in [2.24, 2.45) is 0 Å². The number of aromatic nitrogens is 2. The second-order valence-electron chi connectivity index (χ2n) is 8.00. The van der Waals surface area contributed by atoms with Gasteiger partial charge in [0.1, 0.15) is 0 Å². The van der Waals surface area contributed by atoms with Crippen molar-refractivity contribution in [2.75, 3.05) is 43.4 Å². The number of hydrogen-bond donors (Lipinski definition) is 2. The highest BCUT2D eigenvalue weighted by molar-refractivity contribution is 6.07. The molecule has 6 heteroatoms. The zero-order valence-corrected chi connectivity index (χ0v) is 17.5. The third-order valence-electron chi connectivity index (χ3n) is 5.86. The highest BCUT2D eigenvalue weighted by Crippen LogP contribution is 2.26. The summed E-state index contributed by atoms with van der Waals surface area (Å²) in [6.07, 6.45) is 0. The smallest absolute Gasteiger partial charge is 0.255 e. The van der Waals surface area contributed by atoms with E-state index >= 15 is 0 Å². The molecule has 156 valence electrons. The minimum absolute atomic E-state index is 0.134. The molecule has 1 aliphatic rings. The molecule has 0 radical (unpaired) electrons. The van der Waals surface area contributed by atoms with E-state index in [1.54, 1.807) is 0 Å². The van der Waals surface area contributed by atoms with Gasteiger partial charge in [-0.25, -0.2) is 0 Å². The van der Waals surface area contributed by atoms with Crippen LogP contribution in [0.15, 0.2) is 72.8 Å². The van der Waals surface area contributed by atoms with Crippen molar-refractivity contribution in [3.63, 3.8) is 0 Å². The number of amides is 1.